The zero-order chi connectivity index (χ0) is 22.4. The van der Waals surface area contributed by atoms with Crippen LogP contribution < -0.4 is 5.32 Å². The van der Waals surface area contributed by atoms with Crippen LogP contribution in [0.2, 0.25) is 0 Å². The summed E-state index contributed by atoms with van der Waals surface area (Å²) in [6.07, 6.45) is 0.949. The molecule has 0 saturated carbocycles. The molecule has 2 aromatic rings. The summed E-state index contributed by atoms with van der Waals surface area (Å²) in [5.74, 6) is -1.06. The molecule has 3 rings (SSSR count). The van der Waals surface area contributed by atoms with Crippen molar-refractivity contribution in [2.24, 2.45) is 0 Å². The topological polar surface area (TPSA) is 86.8 Å². The Hall–Kier alpha value is -3.48. The van der Waals surface area contributed by atoms with Crippen LogP contribution in [0.25, 0.3) is 0 Å². The lowest BCUT2D eigenvalue weighted by Gasteiger charge is -2.30. The first-order valence-corrected chi connectivity index (χ1v) is 10.5. The summed E-state index contributed by atoms with van der Waals surface area (Å²) in [4.78, 5) is 53.2. The molecule has 7 heteroatoms. The highest BCUT2D eigenvalue weighted by atomic mass is 16.2. The first-order chi connectivity index (χ1) is 15.0. The summed E-state index contributed by atoms with van der Waals surface area (Å²) >= 11 is 0. The van der Waals surface area contributed by atoms with Crippen LogP contribution in [-0.4, -0.2) is 53.1 Å². The van der Waals surface area contributed by atoms with E-state index >= 15 is 0 Å². The normalized spacial score (nSPS) is 13.7. The predicted octanol–water partition coefficient (Wildman–Crippen LogP) is 2.62. The van der Waals surface area contributed by atoms with E-state index in [4.69, 9.17) is 0 Å². The lowest BCUT2D eigenvalue weighted by Crippen LogP contribution is -2.48. The van der Waals surface area contributed by atoms with E-state index in [1.54, 1.807) is 36.2 Å². The van der Waals surface area contributed by atoms with Gasteiger partial charge in [-0.1, -0.05) is 49.4 Å². The van der Waals surface area contributed by atoms with Crippen molar-refractivity contribution in [3.8, 4) is 0 Å². The summed E-state index contributed by atoms with van der Waals surface area (Å²) in [5, 5.41) is 2.63. The van der Waals surface area contributed by atoms with Crippen LogP contribution in [0.1, 0.15) is 52.5 Å². The SMILES string of the molecule is CC[C@@H](C(=O)NC)N(Cc1ccccc1)C(=O)CCCN1C(=O)c2ccccc2C1=O. The van der Waals surface area contributed by atoms with E-state index in [-0.39, 0.29) is 36.6 Å². The molecular weight excluding hydrogens is 394 g/mol. The molecule has 1 aliphatic rings. The molecule has 7 nitrogen and oxygen atoms in total. The molecule has 1 heterocycles. The van der Waals surface area contributed by atoms with Crippen molar-refractivity contribution in [2.45, 2.75) is 38.8 Å². The third kappa shape index (κ3) is 4.82. The van der Waals surface area contributed by atoms with Crippen LogP contribution >= 0.6 is 0 Å². The highest BCUT2D eigenvalue weighted by molar-refractivity contribution is 6.21. The Morgan fingerprint density at radius 3 is 2.10 bits per heavy atom. The van der Waals surface area contributed by atoms with Crippen molar-refractivity contribution in [1.82, 2.24) is 15.1 Å². The molecule has 0 spiro atoms. The number of hydrogen-bond donors (Lipinski definition) is 1. The van der Waals surface area contributed by atoms with Gasteiger partial charge in [-0.25, -0.2) is 0 Å². The summed E-state index contributed by atoms with van der Waals surface area (Å²) in [5.41, 5.74) is 1.73. The molecule has 2 aromatic carbocycles. The van der Waals surface area contributed by atoms with Crippen molar-refractivity contribution in [3.63, 3.8) is 0 Å². The monoisotopic (exact) mass is 421 g/mol. The summed E-state index contributed by atoms with van der Waals surface area (Å²) < 4.78 is 0. The van der Waals surface area contributed by atoms with E-state index in [9.17, 15) is 19.2 Å². The minimum atomic E-state index is -0.586. The standard InChI is InChI=1S/C24H27N3O4/c1-3-20(22(29)25-2)27(16-17-10-5-4-6-11-17)21(28)14-9-15-26-23(30)18-12-7-8-13-19(18)24(26)31/h4-8,10-13,20H,3,9,14-16H2,1-2H3,(H,25,29)/t20-/m0/s1. The van der Waals surface area contributed by atoms with Gasteiger partial charge >= 0.3 is 0 Å². The van der Waals surface area contributed by atoms with E-state index in [1.165, 1.54) is 4.90 Å². The first-order valence-electron chi connectivity index (χ1n) is 10.5. The lowest BCUT2D eigenvalue weighted by molar-refractivity contribution is -0.141. The second-order valence-electron chi connectivity index (χ2n) is 7.46. The van der Waals surface area contributed by atoms with Gasteiger partial charge in [-0.15, -0.1) is 0 Å². The average Bonchev–Trinajstić information content (AvgIpc) is 3.04. The number of imide groups is 1. The zero-order valence-electron chi connectivity index (χ0n) is 17.8. The maximum atomic E-state index is 13.1. The number of amides is 4. The van der Waals surface area contributed by atoms with Crippen LogP contribution in [0.15, 0.2) is 54.6 Å². The third-order valence-corrected chi connectivity index (χ3v) is 5.48. The molecule has 1 N–H and O–H groups in total. The Balaban J connectivity index is 1.67. The molecule has 0 unspecified atom stereocenters. The fraction of sp³-hybridized carbons (Fsp3) is 0.333. The van der Waals surface area contributed by atoms with E-state index in [2.05, 4.69) is 5.32 Å². The highest BCUT2D eigenvalue weighted by Crippen LogP contribution is 2.23. The van der Waals surface area contributed by atoms with Gasteiger partial charge in [0.2, 0.25) is 11.8 Å². The third-order valence-electron chi connectivity index (χ3n) is 5.48. The van der Waals surface area contributed by atoms with Gasteiger partial charge in [-0.05, 0) is 30.5 Å². The molecule has 0 aliphatic carbocycles. The molecule has 1 atom stereocenters. The summed E-state index contributed by atoms with van der Waals surface area (Å²) in [7, 11) is 1.55. The Kier molecular flexibility index (Phi) is 7.18. The van der Waals surface area contributed by atoms with Crippen LogP contribution in [0.5, 0.6) is 0 Å². The van der Waals surface area contributed by atoms with Gasteiger partial charge in [0, 0.05) is 26.6 Å². The number of rotatable bonds is 9. The highest BCUT2D eigenvalue weighted by Gasteiger charge is 2.35. The van der Waals surface area contributed by atoms with Gasteiger partial charge in [0.05, 0.1) is 11.1 Å². The Morgan fingerprint density at radius 2 is 1.55 bits per heavy atom. The van der Waals surface area contributed by atoms with Gasteiger partial charge in [-0.3, -0.25) is 24.1 Å². The predicted molar refractivity (Wildman–Crippen MR) is 116 cm³/mol. The molecule has 1 aliphatic heterocycles. The van der Waals surface area contributed by atoms with Crippen molar-refractivity contribution < 1.29 is 19.2 Å². The Morgan fingerprint density at radius 1 is 0.968 bits per heavy atom. The smallest absolute Gasteiger partial charge is 0.261 e. The second-order valence-corrected chi connectivity index (χ2v) is 7.46. The van der Waals surface area contributed by atoms with E-state index < -0.39 is 6.04 Å². The van der Waals surface area contributed by atoms with Gasteiger partial charge in [0.15, 0.2) is 0 Å². The molecular formula is C24H27N3O4. The largest absolute Gasteiger partial charge is 0.357 e. The Labute approximate surface area is 182 Å². The maximum absolute atomic E-state index is 13.1. The fourth-order valence-corrected chi connectivity index (χ4v) is 3.84. The van der Waals surface area contributed by atoms with Crippen molar-refractivity contribution in [1.29, 1.82) is 0 Å². The van der Waals surface area contributed by atoms with Crippen LogP contribution in [0, 0.1) is 0 Å². The quantitative estimate of drug-likeness (QED) is 0.631. The van der Waals surface area contributed by atoms with Crippen LogP contribution in [0.3, 0.4) is 0 Å². The minimum absolute atomic E-state index is 0.133. The van der Waals surface area contributed by atoms with Gasteiger partial charge in [0.25, 0.3) is 11.8 Å². The summed E-state index contributed by atoms with van der Waals surface area (Å²) in [6.45, 7) is 2.34. The molecule has 0 saturated heterocycles. The number of hydrogen-bond acceptors (Lipinski definition) is 4. The van der Waals surface area contributed by atoms with Gasteiger partial charge < -0.3 is 10.2 Å². The van der Waals surface area contributed by atoms with Gasteiger partial charge in [0.1, 0.15) is 6.04 Å². The second kappa shape index (κ2) is 10.0. The minimum Gasteiger partial charge on any atom is -0.357 e. The van der Waals surface area contributed by atoms with Crippen molar-refractivity contribution >= 4 is 23.6 Å². The zero-order valence-corrected chi connectivity index (χ0v) is 17.8. The Bertz CT molecular complexity index is 939. The number of fused-ring (bicyclic) bond motifs is 1. The first kappa shape index (κ1) is 22.2. The van der Waals surface area contributed by atoms with Crippen LogP contribution in [0.4, 0.5) is 0 Å². The molecule has 0 bridgehead atoms. The summed E-state index contributed by atoms with van der Waals surface area (Å²) in [6, 6.07) is 15.6. The average molecular weight is 421 g/mol. The molecule has 0 fully saturated rings. The maximum Gasteiger partial charge on any atom is 0.261 e. The van der Waals surface area contributed by atoms with E-state index in [0.29, 0.717) is 30.5 Å². The van der Waals surface area contributed by atoms with Crippen LogP contribution in [-0.2, 0) is 16.1 Å². The fourth-order valence-electron chi connectivity index (χ4n) is 3.84. The van der Waals surface area contributed by atoms with E-state index in [0.717, 1.165) is 5.56 Å². The number of nitrogens with zero attached hydrogens (tertiary/aromatic N) is 2. The number of likely N-dealkylation sites (N-methyl/N-ethyl adjacent to an activating group) is 1. The molecule has 4 amide bonds. The van der Waals surface area contributed by atoms with Gasteiger partial charge in [-0.2, -0.15) is 0 Å². The number of carbonyl (C=O) groups excluding carboxylic acids is 4. The number of carbonyl (C=O) groups is 4. The number of benzene rings is 2. The van der Waals surface area contributed by atoms with Crippen molar-refractivity contribution in [2.75, 3.05) is 13.6 Å². The van der Waals surface area contributed by atoms with Crippen molar-refractivity contribution in [3.05, 3.63) is 71.3 Å². The molecule has 0 radical (unpaired) electrons. The molecule has 31 heavy (non-hydrogen) atoms. The lowest BCUT2D eigenvalue weighted by atomic mass is 10.1. The van der Waals surface area contributed by atoms with E-state index in [1.807, 2.05) is 37.3 Å². The number of nitrogens with one attached hydrogen (secondary N) is 1. The molecule has 0 aromatic heterocycles. The molecule has 162 valence electrons.